The monoisotopic (exact) mass is 447 g/mol. The molecular weight excluding hydrogens is 418 g/mol. The molecule has 1 amide bonds. The number of carbonyl (C=O) groups excluding carboxylic acids is 2. The maximum absolute atomic E-state index is 12.4. The third-order valence-electron chi connectivity index (χ3n) is 5.59. The van der Waals surface area contributed by atoms with E-state index < -0.39 is 5.60 Å². The number of methoxy groups -OCH3 is 1. The topological polar surface area (TPSA) is 73.7 Å². The van der Waals surface area contributed by atoms with Crippen LogP contribution >= 0.6 is 0 Å². The molecular formula is C26H29N3O4. The van der Waals surface area contributed by atoms with E-state index in [9.17, 15) is 9.59 Å². The highest BCUT2D eigenvalue weighted by Gasteiger charge is 2.24. The SMILES string of the molecule is COC(=O)c1ccc(Cn2ccc3c(C4=CCN(C(=O)OC(C)(C)C)CC4)nccc32)cc1. The Bertz CT molecular complexity index is 1200. The van der Waals surface area contributed by atoms with Gasteiger partial charge in [-0.05, 0) is 62.6 Å². The Kier molecular flexibility index (Phi) is 6.22. The fraction of sp³-hybridized carbons (Fsp3) is 0.346. The zero-order chi connectivity index (χ0) is 23.6. The first kappa shape index (κ1) is 22.6. The first-order valence-electron chi connectivity index (χ1n) is 11.0. The Morgan fingerprint density at radius 2 is 1.85 bits per heavy atom. The van der Waals surface area contributed by atoms with Crippen molar-refractivity contribution in [2.24, 2.45) is 0 Å². The van der Waals surface area contributed by atoms with Crippen LogP contribution in [0.1, 0.15) is 48.8 Å². The van der Waals surface area contributed by atoms with Gasteiger partial charge in [0, 0.05) is 37.4 Å². The van der Waals surface area contributed by atoms with Crippen molar-refractivity contribution in [3.05, 3.63) is 71.7 Å². The molecule has 0 fully saturated rings. The van der Waals surface area contributed by atoms with E-state index in [-0.39, 0.29) is 12.1 Å². The summed E-state index contributed by atoms with van der Waals surface area (Å²) in [5.41, 5.74) is 4.30. The van der Waals surface area contributed by atoms with E-state index in [0.717, 1.165) is 34.2 Å². The largest absolute Gasteiger partial charge is 0.465 e. The third-order valence-corrected chi connectivity index (χ3v) is 5.59. The number of rotatable bonds is 4. The van der Waals surface area contributed by atoms with Crippen LogP contribution in [0.25, 0.3) is 16.5 Å². The third kappa shape index (κ3) is 5.08. The molecule has 7 heteroatoms. The summed E-state index contributed by atoms with van der Waals surface area (Å²) in [7, 11) is 1.38. The fourth-order valence-electron chi connectivity index (χ4n) is 3.95. The molecule has 3 heterocycles. The van der Waals surface area contributed by atoms with E-state index in [4.69, 9.17) is 9.47 Å². The molecule has 1 aliphatic rings. The normalized spacial score (nSPS) is 14.2. The van der Waals surface area contributed by atoms with Crippen molar-refractivity contribution in [1.82, 2.24) is 14.5 Å². The van der Waals surface area contributed by atoms with Crippen LogP contribution in [0.2, 0.25) is 0 Å². The number of carbonyl (C=O) groups is 2. The number of nitrogens with zero attached hydrogens (tertiary/aromatic N) is 3. The number of ether oxygens (including phenoxy) is 2. The highest BCUT2D eigenvalue weighted by molar-refractivity contribution is 5.91. The van der Waals surface area contributed by atoms with E-state index in [1.54, 1.807) is 17.0 Å². The predicted molar refractivity (Wildman–Crippen MR) is 127 cm³/mol. The van der Waals surface area contributed by atoms with Gasteiger partial charge in [0.2, 0.25) is 0 Å². The van der Waals surface area contributed by atoms with E-state index in [1.807, 2.05) is 45.2 Å². The molecule has 0 N–H and O–H groups in total. The predicted octanol–water partition coefficient (Wildman–Crippen LogP) is 4.90. The van der Waals surface area contributed by atoms with Crippen LogP contribution in [-0.2, 0) is 16.0 Å². The smallest absolute Gasteiger partial charge is 0.410 e. The van der Waals surface area contributed by atoms with Crippen LogP contribution in [0.3, 0.4) is 0 Å². The van der Waals surface area contributed by atoms with E-state index in [1.165, 1.54) is 7.11 Å². The van der Waals surface area contributed by atoms with Crippen molar-refractivity contribution in [3.63, 3.8) is 0 Å². The van der Waals surface area contributed by atoms with E-state index in [2.05, 4.69) is 27.9 Å². The Labute approximate surface area is 193 Å². The van der Waals surface area contributed by atoms with Gasteiger partial charge < -0.3 is 18.9 Å². The van der Waals surface area contributed by atoms with Gasteiger partial charge >= 0.3 is 12.1 Å². The van der Waals surface area contributed by atoms with Crippen LogP contribution in [0.5, 0.6) is 0 Å². The van der Waals surface area contributed by atoms with Gasteiger partial charge in [-0.3, -0.25) is 4.98 Å². The minimum absolute atomic E-state index is 0.284. The minimum Gasteiger partial charge on any atom is -0.465 e. The first-order valence-corrected chi connectivity index (χ1v) is 11.0. The molecule has 0 radical (unpaired) electrons. The van der Waals surface area contributed by atoms with Crippen LogP contribution in [0.15, 0.2) is 54.9 Å². The Balaban J connectivity index is 1.52. The summed E-state index contributed by atoms with van der Waals surface area (Å²) in [6, 6.07) is 11.5. The van der Waals surface area contributed by atoms with Gasteiger partial charge in [0.05, 0.1) is 23.9 Å². The lowest BCUT2D eigenvalue weighted by Gasteiger charge is -2.29. The lowest BCUT2D eigenvalue weighted by Crippen LogP contribution is -2.39. The van der Waals surface area contributed by atoms with E-state index >= 15 is 0 Å². The van der Waals surface area contributed by atoms with E-state index in [0.29, 0.717) is 25.2 Å². The number of benzene rings is 1. The number of esters is 1. The average molecular weight is 448 g/mol. The van der Waals surface area contributed by atoms with Gasteiger partial charge in [-0.25, -0.2) is 9.59 Å². The fourth-order valence-corrected chi connectivity index (χ4v) is 3.95. The molecule has 0 spiro atoms. The minimum atomic E-state index is -0.503. The summed E-state index contributed by atoms with van der Waals surface area (Å²) in [5, 5.41) is 1.08. The van der Waals surface area contributed by atoms with Crippen molar-refractivity contribution in [3.8, 4) is 0 Å². The molecule has 1 aliphatic heterocycles. The van der Waals surface area contributed by atoms with Gasteiger partial charge in [0.25, 0.3) is 0 Å². The summed E-state index contributed by atoms with van der Waals surface area (Å²) in [4.78, 5) is 30.4. The molecule has 33 heavy (non-hydrogen) atoms. The van der Waals surface area contributed by atoms with Crippen LogP contribution < -0.4 is 0 Å². The molecule has 0 bridgehead atoms. The van der Waals surface area contributed by atoms with Crippen molar-refractivity contribution >= 4 is 28.5 Å². The van der Waals surface area contributed by atoms with Gasteiger partial charge in [-0.2, -0.15) is 0 Å². The quantitative estimate of drug-likeness (QED) is 0.532. The molecule has 0 saturated heterocycles. The average Bonchev–Trinajstić information content (AvgIpc) is 3.21. The van der Waals surface area contributed by atoms with Gasteiger partial charge in [0.1, 0.15) is 5.60 Å². The molecule has 4 rings (SSSR count). The van der Waals surface area contributed by atoms with Crippen LogP contribution in [0, 0.1) is 0 Å². The maximum Gasteiger partial charge on any atom is 0.410 e. The second-order valence-electron chi connectivity index (χ2n) is 9.13. The summed E-state index contributed by atoms with van der Waals surface area (Å²) in [5.74, 6) is -0.338. The molecule has 3 aromatic rings. The van der Waals surface area contributed by atoms with Crippen molar-refractivity contribution < 1.29 is 19.1 Å². The van der Waals surface area contributed by atoms with Crippen molar-refractivity contribution in [2.45, 2.75) is 39.3 Å². The number of amides is 1. The number of pyridine rings is 1. The van der Waals surface area contributed by atoms with Gasteiger partial charge in [-0.1, -0.05) is 18.2 Å². The standard InChI is InChI=1S/C26H29N3O4/c1-26(2,3)33-25(31)28-14-10-19(11-15-28)23-21-12-16-29(22(21)9-13-27-23)17-18-5-7-20(8-6-18)24(30)32-4/h5-10,12-13,16H,11,14-15,17H2,1-4H3. The lowest BCUT2D eigenvalue weighted by atomic mass is 10.0. The summed E-state index contributed by atoms with van der Waals surface area (Å²) < 4.78 is 12.4. The molecule has 7 nitrogen and oxygen atoms in total. The summed E-state index contributed by atoms with van der Waals surface area (Å²) in [6.45, 7) is 7.41. The first-order chi connectivity index (χ1) is 15.7. The molecule has 0 saturated carbocycles. The Morgan fingerprint density at radius 1 is 1.09 bits per heavy atom. The lowest BCUT2D eigenvalue weighted by molar-refractivity contribution is 0.0270. The summed E-state index contributed by atoms with van der Waals surface area (Å²) >= 11 is 0. The molecule has 1 aromatic carbocycles. The number of hydrogen-bond donors (Lipinski definition) is 0. The number of fused-ring (bicyclic) bond motifs is 1. The molecule has 0 aliphatic carbocycles. The maximum atomic E-state index is 12.4. The molecule has 172 valence electrons. The molecule has 0 atom stereocenters. The summed E-state index contributed by atoms with van der Waals surface area (Å²) in [6.07, 6.45) is 6.40. The van der Waals surface area contributed by atoms with Crippen LogP contribution in [0.4, 0.5) is 4.79 Å². The highest BCUT2D eigenvalue weighted by atomic mass is 16.6. The van der Waals surface area contributed by atoms with Gasteiger partial charge in [-0.15, -0.1) is 0 Å². The van der Waals surface area contributed by atoms with Crippen LogP contribution in [-0.4, -0.2) is 52.3 Å². The van der Waals surface area contributed by atoms with Crippen molar-refractivity contribution in [2.75, 3.05) is 20.2 Å². The molecule has 0 unspecified atom stereocenters. The zero-order valence-corrected chi connectivity index (χ0v) is 19.5. The Hall–Kier alpha value is -3.61. The zero-order valence-electron chi connectivity index (χ0n) is 19.5. The highest BCUT2D eigenvalue weighted by Crippen LogP contribution is 2.29. The van der Waals surface area contributed by atoms with Crippen molar-refractivity contribution in [1.29, 1.82) is 0 Å². The number of aromatic nitrogens is 2. The molecule has 2 aromatic heterocycles. The second-order valence-corrected chi connectivity index (χ2v) is 9.13. The Morgan fingerprint density at radius 3 is 2.48 bits per heavy atom. The second kappa shape index (κ2) is 9.10. The van der Waals surface area contributed by atoms with Gasteiger partial charge in [0.15, 0.2) is 0 Å². The number of hydrogen-bond acceptors (Lipinski definition) is 5.